The van der Waals surface area contributed by atoms with E-state index in [0.29, 0.717) is 11.3 Å². The Hall–Kier alpha value is -0.650. The molecule has 2 aromatic rings. The average molecular weight is 494 g/mol. The quantitative estimate of drug-likeness (QED) is 0.246. The topological polar surface area (TPSA) is 34.1 Å². The first-order chi connectivity index (χ1) is 13.6. The lowest BCUT2D eigenvalue weighted by atomic mass is 9.99. The van der Waals surface area contributed by atoms with Crippen LogP contribution >= 0.6 is 58.6 Å². The molecular formula is C22H27Cl3O2S2. The highest BCUT2D eigenvalue weighted by Gasteiger charge is 2.25. The van der Waals surface area contributed by atoms with Crippen molar-refractivity contribution in [3.63, 3.8) is 0 Å². The van der Waals surface area contributed by atoms with E-state index < -0.39 is 4.87 Å². The maximum absolute atomic E-state index is 11.7. The van der Waals surface area contributed by atoms with Crippen molar-refractivity contribution in [2.24, 2.45) is 5.92 Å². The third-order valence-corrected chi connectivity index (χ3v) is 4.79. The zero-order valence-electron chi connectivity index (χ0n) is 17.0. The van der Waals surface area contributed by atoms with E-state index in [2.05, 4.69) is 47.0 Å². The van der Waals surface area contributed by atoms with Crippen LogP contribution in [0.3, 0.4) is 0 Å². The number of rotatable bonds is 6. The summed E-state index contributed by atoms with van der Waals surface area (Å²) in [5.74, 6) is 1.62. The van der Waals surface area contributed by atoms with Gasteiger partial charge in [0.05, 0.1) is 0 Å². The fraction of sp³-hybridized carbons (Fsp3) is 0.364. The number of hydrogen-bond acceptors (Lipinski definition) is 4. The van der Waals surface area contributed by atoms with Crippen molar-refractivity contribution in [2.45, 2.75) is 44.1 Å². The zero-order chi connectivity index (χ0) is 22.6. The van der Waals surface area contributed by atoms with Gasteiger partial charge in [-0.2, -0.15) is 25.3 Å². The molecule has 0 heterocycles. The fourth-order valence-corrected chi connectivity index (χ4v) is 2.74. The molecule has 0 atom stereocenters. The molecule has 0 aromatic heterocycles. The van der Waals surface area contributed by atoms with Gasteiger partial charge in [0.25, 0.3) is 0 Å². The Balaban J connectivity index is 0.000000499. The highest BCUT2D eigenvalue weighted by molar-refractivity contribution is 7.79. The smallest absolute Gasteiger partial charge is 0.183 e. The van der Waals surface area contributed by atoms with Crippen LogP contribution in [-0.4, -0.2) is 16.4 Å². The summed E-state index contributed by atoms with van der Waals surface area (Å²) in [6.45, 7) is 7.22. The first kappa shape index (κ1) is 28.4. The molecule has 0 N–H and O–H groups in total. The van der Waals surface area contributed by atoms with Crippen molar-refractivity contribution >= 4 is 70.1 Å². The summed E-state index contributed by atoms with van der Waals surface area (Å²) < 4.78 is 0. The van der Waals surface area contributed by atoms with E-state index in [1.165, 1.54) is 0 Å². The minimum Gasteiger partial charge on any atom is -0.294 e. The minimum atomic E-state index is -0.831. The van der Waals surface area contributed by atoms with Crippen molar-refractivity contribution in [1.82, 2.24) is 0 Å². The highest BCUT2D eigenvalue weighted by atomic mass is 36.5. The maximum atomic E-state index is 11.7. The molecular weight excluding hydrogens is 467 g/mol. The summed E-state index contributed by atoms with van der Waals surface area (Å²) in [6.07, 6.45) is 0. The van der Waals surface area contributed by atoms with Gasteiger partial charge in [-0.25, -0.2) is 0 Å². The van der Waals surface area contributed by atoms with Crippen molar-refractivity contribution in [1.29, 1.82) is 0 Å². The van der Waals surface area contributed by atoms with Crippen LogP contribution in [0.5, 0.6) is 0 Å². The molecule has 2 aromatic carbocycles. The van der Waals surface area contributed by atoms with E-state index in [1.807, 2.05) is 50.2 Å². The number of halogens is 3. The fourth-order valence-electron chi connectivity index (χ4n) is 2.21. The molecule has 2 nitrogen and oxygen atoms in total. The van der Waals surface area contributed by atoms with Gasteiger partial charge in [0.15, 0.2) is 11.6 Å². The van der Waals surface area contributed by atoms with E-state index in [-0.39, 0.29) is 17.5 Å². The van der Waals surface area contributed by atoms with Gasteiger partial charge in [0.1, 0.15) is 4.87 Å². The van der Waals surface area contributed by atoms with Crippen LogP contribution in [0.1, 0.15) is 59.5 Å². The summed E-state index contributed by atoms with van der Waals surface area (Å²) in [5.41, 5.74) is 3.68. The van der Waals surface area contributed by atoms with Gasteiger partial charge in [0, 0.05) is 50.3 Å². The van der Waals surface area contributed by atoms with Crippen molar-refractivity contribution in [3.8, 4) is 0 Å². The van der Waals surface area contributed by atoms with Gasteiger partial charge >= 0.3 is 0 Å². The lowest BCUT2D eigenvalue weighted by Crippen LogP contribution is -2.24. The molecule has 0 aliphatic heterocycles. The summed E-state index contributed by atoms with van der Waals surface area (Å²) in [7, 11) is 8.22. The van der Waals surface area contributed by atoms with E-state index >= 15 is 0 Å². The van der Waals surface area contributed by atoms with E-state index in [9.17, 15) is 9.59 Å². The Morgan fingerprint density at radius 1 is 0.828 bits per heavy atom. The number of carbonyl (C=O) groups excluding carboxylic acids is 2. The van der Waals surface area contributed by atoms with Gasteiger partial charge in [-0.05, 0) is 25.0 Å². The molecule has 0 bridgehead atoms. The Morgan fingerprint density at radius 2 is 1.17 bits per heavy atom. The van der Waals surface area contributed by atoms with E-state index in [0.717, 1.165) is 22.4 Å². The summed E-state index contributed by atoms with van der Waals surface area (Å²) in [5, 5.41) is 0. The van der Waals surface area contributed by atoms with Gasteiger partial charge in [-0.1, -0.05) is 62.4 Å². The molecule has 7 heteroatoms. The molecule has 0 radical (unpaired) electrons. The number of carbonyl (C=O) groups is 2. The van der Waals surface area contributed by atoms with Gasteiger partial charge in [-0.3, -0.25) is 9.59 Å². The SMILES string of the molecule is CC(C)(Cl)C(=O)c1ccc(CS)cc1.CC(C)C(=O)c1ccc(CS)cc1.ClCl. The zero-order valence-corrected chi connectivity index (χ0v) is 21.0. The number of Topliss-reactive ketones (excluding diaryl/α,β-unsaturated/α-hetero) is 2. The lowest BCUT2D eigenvalue weighted by molar-refractivity contribution is 0.0936. The highest BCUT2D eigenvalue weighted by Crippen LogP contribution is 2.20. The standard InChI is InChI=1S/C11H13ClOS.C11H14OS.Cl2/c1-11(2,12)10(13)9-5-3-8(7-14)4-6-9;1-8(2)11(12)10-5-3-9(7-13)4-6-10;1-2/h3-6,14H,7H2,1-2H3;3-6,8,13H,7H2,1-2H3;. The second kappa shape index (κ2) is 14.4. The Bertz CT molecular complexity index is 753. The van der Waals surface area contributed by atoms with Gasteiger partial charge in [-0.15, -0.1) is 11.6 Å². The molecule has 2 rings (SSSR count). The third kappa shape index (κ3) is 10.3. The van der Waals surface area contributed by atoms with Crippen LogP contribution in [0.2, 0.25) is 0 Å². The number of benzene rings is 2. The van der Waals surface area contributed by atoms with Crippen LogP contribution in [0.4, 0.5) is 0 Å². The van der Waals surface area contributed by atoms with E-state index in [4.69, 9.17) is 11.6 Å². The second-order valence-electron chi connectivity index (χ2n) is 7.03. The van der Waals surface area contributed by atoms with E-state index in [1.54, 1.807) is 26.0 Å². The lowest BCUT2D eigenvalue weighted by Gasteiger charge is -2.13. The van der Waals surface area contributed by atoms with Crippen LogP contribution in [0.25, 0.3) is 0 Å². The van der Waals surface area contributed by atoms with Crippen LogP contribution in [0.15, 0.2) is 48.5 Å². The molecule has 0 amide bonds. The predicted octanol–water partition coefficient (Wildman–Crippen LogP) is 7.65. The Morgan fingerprint density at radius 3 is 1.45 bits per heavy atom. The number of hydrogen-bond donors (Lipinski definition) is 2. The van der Waals surface area contributed by atoms with Crippen LogP contribution in [0, 0.1) is 5.92 Å². The van der Waals surface area contributed by atoms with Crippen LogP contribution < -0.4 is 0 Å². The van der Waals surface area contributed by atoms with Crippen molar-refractivity contribution in [2.75, 3.05) is 0 Å². The van der Waals surface area contributed by atoms with Gasteiger partial charge < -0.3 is 0 Å². The maximum Gasteiger partial charge on any atom is 0.183 e. The first-order valence-electron chi connectivity index (χ1n) is 8.92. The summed E-state index contributed by atoms with van der Waals surface area (Å²) >= 11 is 14.2. The molecule has 0 spiro atoms. The molecule has 0 unspecified atom stereocenters. The molecule has 0 aliphatic carbocycles. The molecule has 0 saturated heterocycles. The third-order valence-electron chi connectivity index (χ3n) is 3.88. The van der Waals surface area contributed by atoms with Crippen LogP contribution in [-0.2, 0) is 11.5 Å². The molecule has 29 heavy (non-hydrogen) atoms. The normalized spacial score (nSPS) is 10.4. The Labute approximate surface area is 199 Å². The average Bonchev–Trinajstić information content (AvgIpc) is 2.74. The molecule has 160 valence electrons. The minimum absolute atomic E-state index is 0.0510. The largest absolute Gasteiger partial charge is 0.294 e. The predicted molar refractivity (Wildman–Crippen MR) is 133 cm³/mol. The molecule has 0 aliphatic rings. The molecule has 0 fully saturated rings. The number of ketones is 2. The second-order valence-corrected chi connectivity index (χ2v) is 8.61. The van der Waals surface area contributed by atoms with Crippen molar-refractivity contribution in [3.05, 3.63) is 70.8 Å². The van der Waals surface area contributed by atoms with Gasteiger partial charge in [0.2, 0.25) is 0 Å². The summed E-state index contributed by atoms with van der Waals surface area (Å²) in [6, 6.07) is 15.0. The monoisotopic (exact) mass is 492 g/mol. The summed E-state index contributed by atoms with van der Waals surface area (Å²) in [4.78, 5) is 22.4. The number of alkyl halides is 1. The first-order valence-corrected chi connectivity index (χ1v) is 11.7. The Kier molecular flexibility index (Phi) is 14.0. The number of thiol groups is 2. The molecule has 0 saturated carbocycles. The van der Waals surface area contributed by atoms with Crippen molar-refractivity contribution < 1.29 is 9.59 Å².